The van der Waals surface area contributed by atoms with Crippen molar-refractivity contribution in [3.63, 3.8) is 0 Å². The molecule has 3 fully saturated rings. The number of aryl methyl sites for hydroxylation is 1. The van der Waals surface area contributed by atoms with Crippen LogP contribution in [0.5, 0.6) is 11.5 Å². The first-order valence-electron chi connectivity index (χ1n) is 15.4. The molecule has 0 saturated carbocycles. The fraction of sp³-hybridized carbons (Fsp3) is 0.429. The summed E-state index contributed by atoms with van der Waals surface area (Å²) in [5.74, 6) is 11.4. The molecule has 4 N–H and O–H groups in total. The zero-order chi connectivity index (χ0) is 33.9. The average Bonchev–Trinajstić information content (AvgIpc) is 3.39. The van der Waals surface area contributed by atoms with E-state index in [1.807, 2.05) is 13.0 Å². The van der Waals surface area contributed by atoms with Gasteiger partial charge in [-0.1, -0.05) is 29.7 Å². The molecule has 48 heavy (non-hydrogen) atoms. The molecule has 250 valence electrons. The first-order chi connectivity index (χ1) is 23.0. The second-order valence-electron chi connectivity index (χ2n) is 12.1. The van der Waals surface area contributed by atoms with Crippen molar-refractivity contribution in [1.29, 1.82) is 0 Å². The van der Waals surface area contributed by atoms with Crippen LogP contribution in [0.25, 0.3) is 10.8 Å². The van der Waals surface area contributed by atoms with Crippen molar-refractivity contribution in [3.05, 3.63) is 58.7 Å². The molecule has 13 heteroatoms. The number of likely N-dealkylation sites (N-methyl/N-ethyl adjacent to an activating group) is 1. The highest BCUT2D eigenvalue weighted by Gasteiger charge is 2.65. The number of carbonyl (C=O) groups is 2. The number of hydrogen-bond acceptors (Lipinski definition) is 13. The lowest BCUT2D eigenvalue weighted by Gasteiger charge is -2.42. The molecular formula is C35H33NO12. The lowest BCUT2D eigenvalue weighted by Crippen LogP contribution is -2.62. The molecule has 0 aromatic heterocycles. The Morgan fingerprint density at radius 1 is 1.17 bits per heavy atom. The Kier molecular flexibility index (Phi) is 8.08. The van der Waals surface area contributed by atoms with Crippen LogP contribution in [0.4, 0.5) is 4.79 Å². The number of rotatable bonds is 7. The lowest BCUT2D eigenvalue weighted by atomic mass is 9.97. The minimum Gasteiger partial charge on any atom is -0.507 e. The fourth-order valence-corrected chi connectivity index (χ4v) is 6.50. The molecule has 2 aliphatic carbocycles. The van der Waals surface area contributed by atoms with Gasteiger partial charge in [-0.3, -0.25) is 0 Å². The highest BCUT2D eigenvalue weighted by molar-refractivity contribution is 6.08. The smallest absolute Gasteiger partial charge is 0.507 e. The summed E-state index contributed by atoms with van der Waals surface area (Å²) in [4.78, 5) is 25.7. The number of esters is 1. The van der Waals surface area contributed by atoms with Crippen LogP contribution in [0.2, 0.25) is 0 Å². The second kappa shape index (κ2) is 12.1. The molecule has 3 heterocycles. The molecule has 2 aromatic carbocycles. The minimum absolute atomic E-state index is 0.0490. The van der Waals surface area contributed by atoms with Gasteiger partial charge in [-0.15, -0.1) is 0 Å². The monoisotopic (exact) mass is 659 g/mol. The van der Waals surface area contributed by atoms with Crippen LogP contribution in [0.3, 0.4) is 0 Å². The van der Waals surface area contributed by atoms with Gasteiger partial charge in [0.25, 0.3) is 0 Å². The largest absolute Gasteiger partial charge is 0.508 e. The van der Waals surface area contributed by atoms with E-state index < -0.39 is 72.8 Å². The Balaban J connectivity index is 1.27. The van der Waals surface area contributed by atoms with Gasteiger partial charge in [0, 0.05) is 16.5 Å². The summed E-state index contributed by atoms with van der Waals surface area (Å²) in [7, 11) is 3.10. The average molecular weight is 660 g/mol. The zero-order valence-corrected chi connectivity index (χ0v) is 26.4. The Bertz CT molecular complexity index is 1880. The molecule has 2 aromatic rings. The van der Waals surface area contributed by atoms with Gasteiger partial charge in [0.2, 0.25) is 5.60 Å². The number of allylic oxidation sites excluding steroid dienone is 1. The third-order valence-electron chi connectivity index (χ3n) is 9.23. The highest BCUT2D eigenvalue weighted by atomic mass is 16.8. The number of ether oxygens (including phenoxy) is 7. The molecule has 10 atom stereocenters. The number of aliphatic hydroxyl groups is 2. The van der Waals surface area contributed by atoms with E-state index >= 15 is 0 Å². The summed E-state index contributed by atoms with van der Waals surface area (Å²) in [5, 5.41) is 36.3. The molecule has 13 nitrogen and oxygen atoms in total. The van der Waals surface area contributed by atoms with E-state index in [0.717, 1.165) is 10.9 Å². The quantitative estimate of drug-likeness (QED) is 0.191. The normalized spacial score (nSPS) is 35.7. The van der Waals surface area contributed by atoms with E-state index in [2.05, 4.69) is 29.0 Å². The molecule has 0 amide bonds. The van der Waals surface area contributed by atoms with Crippen molar-refractivity contribution in [1.82, 2.24) is 5.32 Å². The van der Waals surface area contributed by atoms with Crippen LogP contribution in [0.15, 0.2) is 47.6 Å². The van der Waals surface area contributed by atoms with E-state index in [9.17, 15) is 24.9 Å². The summed E-state index contributed by atoms with van der Waals surface area (Å²) in [5.41, 5.74) is 0.400. The number of benzene rings is 2. The van der Waals surface area contributed by atoms with Gasteiger partial charge in [0.15, 0.2) is 24.6 Å². The third kappa shape index (κ3) is 5.35. The van der Waals surface area contributed by atoms with Crippen molar-refractivity contribution in [2.75, 3.05) is 20.8 Å². The number of phenols is 1. The number of carbonyl (C=O) groups excluding carboxylic acids is 2. The number of fused-ring (bicyclic) bond motifs is 3. The predicted octanol–water partition coefficient (Wildman–Crippen LogP) is 1.39. The van der Waals surface area contributed by atoms with E-state index in [0.29, 0.717) is 22.3 Å². The number of phenolic OH excluding ortho intramolecular Hbond substituents is 1. The number of aliphatic hydroxyl groups excluding tert-OH is 2. The topological polar surface area (TPSA) is 175 Å². The van der Waals surface area contributed by atoms with Gasteiger partial charge < -0.3 is 53.8 Å². The number of hydrogen-bond donors (Lipinski definition) is 4. The maximum atomic E-state index is 14.0. The standard InChI is InChI=1S/C35H33NO12/c1-16-12-19(42-4)14-22-20(16)8-9-23(37)27(22)32(40)45-24-13-18-10-11-35(26-15-43-34(41)46-26)25(48-35)7-5-6-21(18)31(24)47-33-28(36-3)30(39)29(38)17(2)44-33/h6,8-9,12-14,17,24-26,28-31,33,36-39H,15H2,1-4H3/b21-6+/t17-,24-,25-,26+,28-,29-,30-,31-,33+,35?/m0/s1. The number of methoxy groups -OCH3 is 1. The summed E-state index contributed by atoms with van der Waals surface area (Å²) < 4.78 is 40.0. The number of aromatic hydroxyl groups is 1. The number of epoxide rings is 1. The predicted molar refractivity (Wildman–Crippen MR) is 166 cm³/mol. The van der Waals surface area contributed by atoms with Gasteiger partial charge in [0.05, 0.1) is 19.3 Å². The number of nitrogens with one attached hydrogen (secondary N) is 1. The van der Waals surface area contributed by atoms with Gasteiger partial charge in [-0.2, -0.15) is 0 Å². The van der Waals surface area contributed by atoms with Gasteiger partial charge in [-0.05, 0) is 62.2 Å². The Morgan fingerprint density at radius 3 is 2.71 bits per heavy atom. The molecule has 1 unspecified atom stereocenters. The SMILES string of the molecule is CN[C@@H]1[C@@H](O[C@H]2/C3=C/C#C[C@@H]4OC4([C@H]4COC(=O)O4)C#CC3=C[C@@H]2OC(=O)c2c(O)ccc3c(C)cc(OC)cc23)O[C@@H](C)[C@H](O)[C@H]1O. The summed E-state index contributed by atoms with van der Waals surface area (Å²) >= 11 is 0. The molecule has 0 bridgehead atoms. The Morgan fingerprint density at radius 2 is 1.98 bits per heavy atom. The molecule has 3 aliphatic heterocycles. The van der Waals surface area contributed by atoms with Gasteiger partial charge in [0.1, 0.15) is 42.0 Å². The Hall–Kier alpha value is -4.60. The van der Waals surface area contributed by atoms with Crippen LogP contribution in [0.1, 0.15) is 22.8 Å². The van der Waals surface area contributed by atoms with E-state index in [-0.39, 0.29) is 17.9 Å². The first kappa shape index (κ1) is 32.0. The van der Waals surface area contributed by atoms with Crippen LogP contribution < -0.4 is 10.1 Å². The van der Waals surface area contributed by atoms with Crippen LogP contribution in [0, 0.1) is 30.6 Å². The van der Waals surface area contributed by atoms with Gasteiger partial charge >= 0.3 is 12.1 Å². The molecule has 5 aliphatic rings. The third-order valence-corrected chi connectivity index (χ3v) is 9.23. The van der Waals surface area contributed by atoms with Crippen molar-refractivity contribution in [2.24, 2.45) is 0 Å². The summed E-state index contributed by atoms with van der Waals surface area (Å²) in [6.45, 7) is 3.42. The molecule has 0 radical (unpaired) electrons. The zero-order valence-electron chi connectivity index (χ0n) is 26.4. The molecule has 0 spiro atoms. The van der Waals surface area contributed by atoms with Crippen molar-refractivity contribution in [3.8, 4) is 35.2 Å². The fourth-order valence-electron chi connectivity index (χ4n) is 6.50. The summed E-state index contributed by atoms with van der Waals surface area (Å²) in [6, 6.07) is 5.74. The van der Waals surface area contributed by atoms with Crippen molar-refractivity contribution in [2.45, 2.75) is 74.5 Å². The van der Waals surface area contributed by atoms with E-state index in [4.69, 9.17) is 33.2 Å². The second-order valence-corrected chi connectivity index (χ2v) is 12.1. The number of cyclic esters (lactones) is 2. The van der Waals surface area contributed by atoms with Crippen LogP contribution >= 0.6 is 0 Å². The molecular weight excluding hydrogens is 626 g/mol. The van der Waals surface area contributed by atoms with E-state index in [1.54, 1.807) is 38.3 Å². The maximum Gasteiger partial charge on any atom is 0.508 e. The van der Waals surface area contributed by atoms with Crippen molar-refractivity contribution >= 4 is 22.9 Å². The summed E-state index contributed by atoms with van der Waals surface area (Å²) in [6.07, 6.45) is -5.56. The first-order valence-corrected chi connectivity index (χ1v) is 15.4. The maximum absolute atomic E-state index is 14.0. The van der Waals surface area contributed by atoms with Crippen LogP contribution in [-0.2, 0) is 28.4 Å². The highest BCUT2D eigenvalue weighted by Crippen LogP contribution is 2.44. The molecule has 7 rings (SSSR count). The van der Waals surface area contributed by atoms with Gasteiger partial charge in [-0.25, -0.2) is 9.59 Å². The Labute approximate surface area is 275 Å². The molecule has 3 saturated heterocycles. The van der Waals surface area contributed by atoms with Crippen molar-refractivity contribution < 1.29 is 58.1 Å². The lowest BCUT2D eigenvalue weighted by molar-refractivity contribution is -0.273. The minimum atomic E-state index is -1.24. The van der Waals surface area contributed by atoms with Crippen LogP contribution in [-0.4, -0.2) is 109 Å². The van der Waals surface area contributed by atoms with E-state index in [1.165, 1.54) is 13.2 Å².